The molecule has 4 aromatic rings. The predicted octanol–water partition coefficient (Wildman–Crippen LogP) is 3.57. The van der Waals surface area contributed by atoms with E-state index in [-0.39, 0.29) is 35.6 Å². The van der Waals surface area contributed by atoms with E-state index in [1.807, 2.05) is 0 Å². The van der Waals surface area contributed by atoms with Gasteiger partial charge in [0.05, 0.1) is 0 Å². The number of halogens is 2. The van der Waals surface area contributed by atoms with E-state index in [4.69, 9.17) is 0 Å². The van der Waals surface area contributed by atoms with Crippen molar-refractivity contribution in [2.45, 2.75) is 79.1 Å². The molecule has 6 rings (SSSR count). The van der Waals surface area contributed by atoms with Gasteiger partial charge >= 0.3 is 250 Å². The Bertz CT molecular complexity index is 1770. The molecule has 0 amide bonds. The van der Waals surface area contributed by atoms with E-state index < -0.39 is 21.3 Å². The summed E-state index contributed by atoms with van der Waals surface area (Å²) in [6.45, 7) is 19.0. The average Bonchev–Trinajstić information content (AvgIpc) is 3.53. The molecule has 0 bridgehead atoms. The summed E-state index contributed by atoms with van der Waals surface area (Å²) < 4.78 is 6.14. The number of benzene rings is 4. The Morgan fingerprint density at radius 1 is 0.738 bits per heavy atom. The number of fused-ring (bicyclic) bond motifs is 4. The van der Waals surface area contributed by atoms with Crippen LogP contribution in [0.5, 0.6) is 0 Å². The first-order chi connectivity index (χ1) is 18.9. The van der Waals surface area contributed by atoms with E-state index in [1.165, 1.54) is 49.7 Å². The van der Waals surface area contributed by atoms with E-state index in [2.05, 4.69) is 138 Å². The van der Waals surface area contributed by atoms with E-state index in [1.54, 1.807) is 17.7 Å². The van der Waals surface area contributed by atoms with Crippen LogP contribution in [0.3, 0.4) is 0 Å². The van der Waals surface area contributed by atoms with Gasteiger partial charge < -0.3 is 24.8 Å². The first kappa shape index (κ1) is 32.9. The molecular weight excluding hydrogens is 631 g/mol. The van der Waals surface area contributed by atoms with Crippen molar-refractivity contribution < 1.29 is 46.1 Å². The Hall–Kier alpha value is -2.05. The number of allylic oxidation sites excluding steroid dienone is 4. The molecule has 0 aromatic heterocycles. The van der Waals surface area contributed by atoms with Gasteiger partial charge in [-0.1, -0.05) is 0 Å². The van der Waals surface area contributed by atoms with Gasteiger partial charge in [0, 0.05) is 0 Å². The third kappa shape index (κ3) is 6.00. The zero-order chi connectivity index (χ0) is 28.4. The quantitative estimate of drug-likeness (QED) is 0.275. The Morgan fingerprint density at radius 3 is 2.05 bits per heavy atom. The molecule has 0 fully saturated rings. The van der Waals surface area contributed by atoms with Crippen LogP contribution in [-0.4, -0.2) is 3.71 Å². The molecule has 0 unspecified atom stereocenters. The fourth-order valence-corrected chi connectivity index (χ4v) is 14.0. The van der Waals surface area contributed by atoms with Crippen molar-refractivity contribution in [1.29, 1.82) is 0 Å². The van der Waals surface area contributed by atoms with E-state index >= 15 is 0 Å². The van der Waals surface area contributed by atoms with Crippen LogP contribution < -0.4 is 28.1 Å². The van der Waals surface area contributed by atoms with Crippen LogP contribution in [0.25, 0.3) is 21.9 Å². The third-order valence-corrected chi connectivity index (χ3v) is 16.0. The maximum atomic E-state index is 2.73. The minimum Gasteiger partial charge on any atom is -1.00 e. The molecule has 4 aromatic carbocycles. The zero-order valence-electron chi connectivity index (χ0n) is 26.3. The van der Waals surface area contributed by atoms with Crippen molar-refractivity contribution in [3.8, 4) is 11.1 Å². The molecule has 2 aliphatic carbocycles. The Balaban J connectivity index is 0.00000202. The van der Waals surface area contributed by atoms with Gasteiger partial charge in [-0.15, -0.1) is 0 Å². The number of aryl methyl sites for hydroxylation is 1. The fraction of sp³-hybridized carbons (Fsp3) is 0.308. The molecule has 2 aliphatic rings. The Kier molecular flexibility index (Phi) is 9.51. The van der Waals surface area contributed by atoms with Crippen LogP contribution in [0.15, 0.2) is 82.2 Å². The summed E-state index contributed by atoms with van der Waals surface area (Å²) in [5.41, 5.74) is 13.7. The minimum atomic E-state index is -2.44. The van der Waals surface area contributed by atoms with Crippen LogP contribution in [0.1, 0.15) is 86.9 Å². The molecule has 0 spiro atoms. The summed E-state index contributed by atoms with van der Waals surface area (Å²) >= 11 is -2.44. The van der Waals surface area contributed by atoms with Crippen molar-refractivity contribution in [2.24, 2.45) is 0 Å². The molecule has 0 atom stereocenters. The van der Waals surface area contributed by atoms with Crippen LogP contribution >= 0.6 is 0 Å². The summed E-state index contributed by atoms with van der Waals surface area (Å²) in [7, 11) is 0. The van der Waals surface area contributed by atoms with Gasteiger partial charge in [-0.25, -0.2) is 0 Å². The largest absolute Gasteiger partial charge is 1.00 e. The van der Waals surface area contributed by atoms with Crippen LogP contribution in [0.4, 0.5) is 0 Å². The third-order valence-electron chi connectivity index (χ3n) is 8.89. The Labute approximate surface area is 273 Å². The van der Waals surface area contributed by atoms with E-state index in [0.717, 1.165) is 12.8 Å². The molecule has 42 heavy (non-hydrogen) atoms. The van der Waals surface area contributed by atoms with Gasteiger partial charge in [-0.3, -0.25) is 0 Å². The van der Waals surface area contributed by atoms with Crippen LogP contribution in [0, 0.1) is 13.8 Å². The molecular formula is C39H42Cl2Zr. The maximum Gasteiger partial charge on any atom is -1.00 e. The van der Waals surface area contributed by atoms with Crippen LogP contribution in [-0.2, 0) is 38.5 Å². The zero-order valence-corrected chi connectivity index (χ0v) is 30.2. The number of rotatable bonds is 3. The van der Waals surface area contributed by atoms with Crippen molar-refractivity contribution in [3.05, 3.63) is 121 Å². The standard InChI is InChI=1S/C23H29.C11H8.C5H5.2ClH.Zr/c1-14-9-16-11-17-10-15(2)21(23(6,7)8)13-19(17)18(16)12-20(14)22(3,4)5;1-9-6-7-10-4-2-3-5-11(10)8-9;1-2-4-5-3-1;;;/h9,12-13H,11H2,1-8H3;1-8H;1-3H,4H2;2*1H;/q;;;;;+2/p-2. The molecule has 0 nitrogen and oxygen atoms in total. The first-order valence-electron chi connectivity index (χ1n) is 14.8. The van der Waals surface area contributed by atoms with Gasteiger partial charge in [0.2, 0.25) is 0 Å². The van der Waals surface area contributed by atoms with E-state index in [0.29, 0.717) is 0 Å². The average molecular weight is 673 g/mol. The molecule has 0 saturated heterocycles. The molecule has 216 valence electrons. The summed E-state index contributed by atoms with van der Waals surface area (Å²) in [6.07, 6.45) is 9.27. The SMILES string of the molecule is Cc1cc2c(cc1C(C)(C)C)-c1cc(C(C)(C)C)c(C)[c](/[Zr+2](=[CH]\c3ccc4ccccc4c3)[C]3=CC=CC3)c1C2.[Cl-].[Cl-]. The summed E-state index contributed by atoms with van der Waals surface area (Å²) in [4.78, 5) is 0. The molecule has 0 radical (unpaired) electrons. The predicted molar refractivity (Wildman–Crippen MR) is 172 cm³/mol. The van der Waals surface area contributed by atoms with Gasteiger partial charge in [0.1, 0.15) is 0 Å². The normalized spacial score (nSPS) is 13.9. The van der Waals surface area contributed by atoms with Gasteiger partial charge in [-0.05, 0) is 0 Å². The van der Waals surface area contributed by atoms with Crippen molar-refractivity contribution in [2.75, 3.05) is 0 Å². The molecule has 3 heteroatoms. The van der Waals surface area contributed by atoms with E-state index in [9.17, 15) is 0 Å². The van der Waals surface area contributed by atoms with Gasteiger partial charge in [0.15, 0.2) is 0 Å². The monoisotopic (exact) mass is 670 g/mol. The second-order valence-electron chi connectivity index (χ2n) is 13.9. The summed E-state index contributed by atoms with van der Waals surface area (Å²) in [5, 5.41) is 2.65. The molecule has 0 saturated carbocycles. The smallest absolute Gasteiger partial charge is 1.00 e. The number of hydrogen-bond donors (Lipinski definition) is 0. The minimum absolute atomic E-state index is 0. The van der Waals surface area contributed by atoms with Gasteiger partial charge in [0.25, 0.3) is 0 Å². The maximum absolute atomic E-state index is 2.73. The second-order valence-corrected chi connectivity index (χ2v) is 19.5. The van der Waals surface area contributed by atoms with Crippen molar-refractivity contribution >= 4 is 17.8 Å². The molecule has 0 N–H and O–H groups in total. The van der Waals surface area contributed by atoms with Crippen molar-refractivity contribution in [3.63, 3.8) is 0 Å². The first-order valence-corrected chi connectivity index (χ1v) is 18.7. The Morgan fingerprint density at radius 2 is 1.40 bits per heavy atom. The van der Waals surface area contributed by atoms with Crippen LogP contribution in [0.2, 0.25) is 0 Å². The van der Waals surface area contributed by atoms with Crippen molar-refractivity contribution in [1.82, 2.24) is 0 Å². The summed E-state index contributed by atoms with van der Waals surface area (Å²) in [5.74, 6) is 0. The summed E-state index contributed by atoms with van der Waals surface area (Å²) in [6, 6.07) is 23.4. The fourth-order valence-electron chi connectivity index (χ4n) is 7.00. The number of hydrogen-bond acceptors (Lipinski definition) is 0. The molecule has 0 heterocycles. The van der Waals surface area contributed by atoms with Gasteiger partial charge in [-0.2, -0.15) is 0 Å². The topological polar surface area (TPSA) is 0 Å². The molecule has 0 aliphatic heterocycles. The second kappa shape index (κ2) is 12.2.